The quantitative estimate of drug-likeness (QED) is 0.657. The molecule has 2 atom stereocenters. The van der Waals surface area contributed by atoms with Crippen molar-refractivity contribution < 1.29 is 14.6 Å². The van der Waals surface area contributed by atoms with E-state index in [9.17, 15) is 9.90 Å². The van der Waals surface area contributed by atoms with Crippen LogP contribution in [0, 0.1) is 0 Å². The summed E-state index contributed by atoms with van der Waals surface area (Å²) in [5.41, 5.74) is 1.21. The Morgan fingerprint density at radius 2 is 1.61 bits per heavy atom. The summed E-state index contributed by atoms with van der Waals surface area (Å²) in [6, 6.07) is 23.0. The standard InChI is InChI=1S/C24H27NO3/c1-24(2,3)28-23(27)25-21(22(26)18-11-5-4-6-12-18)16-19-14-9-13-17-10-7-8-15-20(17)19/h4-15,21-22,26H,16H2,1-3H3,(H,25,27)/t21-,22+/m1/s1. The van der Waals surface area contributed by atoms with Gasteiger partial charge in [-0.05, 0) is 49.1 Å². The third kappa shape index (κ3) is 5.11. The zero-order valence-electron chi connectivity index (χ0n) is 16.6. The molecule has 1 amide bonds. The first-order valence-electron chi connectivity index (χ1n) is 9.53. The molecule has 0 fully saturated rings. The predicted molar refractivity (Wildman–Crippen MR) is 112 cm³/mol. The molecule has 3 aromatic rings. The van der Waals surface area contributed by atoms with Gasteiger partial charge in [0.1, 0.15) is 5.60 Å². The van der Waals surface area contributed by atoms with E-state index in [4.69, 9.17) is 4.74 Å². The molecular formula is C24H27NO3. The van der Waals surface area contributed by atoms with Crippen molar-refractivity contribution in [3.05, 3.63) is 83.9 Å². The zero-order chi connectivity index (χ0) is 20.1. The van der Waals surface area contributed by atoms with Gasteiger partial charge < -0.3 is 15.2 Å². The van der Waals surface area contributed by atoms with Crippen molar-refractivity contribution in [2.45, 2.75) is 44.9 Å². The van der Waals surface area contributed by atoms with Gasteiger partial charge in [0.25, 0.3) is 0 Å². The molecule has 0 aliphatic rings. The Labute approximate surface area is 166 Å². The van der Waals surface area contributed by atoms with Crippen LogP contribution in [0.15, 0.2) is 72.8 Å². The van der Waals surface area contributed by atoms with E-state index in [1.807, 2.05) is 75.4 Å². The minimum absolute atomic E-state index is 0.483. The van der Waals surface area contributed by atoms with E-state index in [0.29, 0.717) is 6.42 Å². The number of benzene rings is 3. The lowest BCUT2D eigenvalue weighted by molar-refractivity contribution is 0.0421. The van der Waals surface area contributed by atoms with Crippen LogP contribution in [0.5, 0.6) is 0 Å². The van der Waals surface area contributed by atoms with E-state index in [0.717, 1.165) is 21.9 Å². The molecule has 4 heteroatoms. The monoisotopic (exact) mass is 377 g/mol. The van der Waals surface area contributed by atoms with Crippen LogP contribution in [-0.4, -0.2) is 22.8 Å². The number of aliphatic hydroxyl groups excluding tert-OH is 1. The van der Waals surface area contributed by atoms with Crippen LogP contribution < -0.4 is 5.32 Å². The van der Waals surface area contributed by atoms with E-state index >= 15 is 0 Å². The van der Waals surface area contributed by atoms with E-state index in [2.05, 4.69) is 23.5 Å². The van der Waals surface area contributed by atoms with Crippen LogP contribution >= 0.6 is 0 Å². The molecule has 0 saturated carbocycles. The summed E-state index contributed by atoms with van der Waals surface area (Å²) in [4.78, 5) is 12.4. The summed E-state index contributed by atoms with van der Waals surface area (Å²) in [5, 5.41) is 16.1. The SMILES string of the molecule is CC(C)(C)OC(=O)N[C@H](Cc1cccc2ccccc12)[C@@H](O)c1ccccc1. The molecular weight excluding hydrogens is 350 g/mol. The molecule has 0 heterocycles. The van der Waals surface area contributed by atoms with Gasteiger partial charge in [0.15, 0.2) is 0 Å². The first-order chi connectivity index (χ1) is 13.3. The number of carbonyl (C=O) groups excluding carboxylic acids is 1. The minimum Gasteiger partial charge on any atom is -0.444 e. The molecule has 0 unspecified atom stereocenters. The van der Waals surface area contributed by atoms with Crippen molar-refractivity contribution >= 4 is 16.9 Å². The molecule has 2 N–H and O–H groups in total. The number of hydrogen-bond acceptors (Lipinski definition) is 3. The summed E-state index contributed by atoms with van der Waals surface area (Å²) >= 11 is 0. The normalized spacial score (nSPS) is 13.7. The average Bonchev–Trinajstić information content (AvgIpc) is 2.66. The first kappa shape index (κ1) is 19.9. The molecule has 0 bridgehead atoms. The summed E-state index contributed by atoms with van der Waals surface area (Å²) in [5.74, 6) is 0. The lowest BCUT2D eigenvalue weighted by atomic mass is 9.93. The van der Waals surface area contributed by atoms with Crippen LogP contribution in [0.4, 0.5) is 4.79 Å². The largest absolute Gasteiger partial charge is 0.444 e. The smallest absolute Gasteiger partial charge is 0.407 e. The summed E-state index contributed by atoms with van der Waals surface area (Å²) in [6.45, 7) is 5.46. The van der Waals surface area contributed by atoms with Crippen LogP contribution in [0.25, 0.3) is 10.8 Å². The molecule has 28 heavy (non-hydrogen) atoms. The highest BCUT2D eigenvalue weighted by atomic mass is 16.6. The fraction of sp³-hybridized carbons (Fsp3) is 0.292. The summed E-state index contributed by atoms with van der Waals surface area (Å²) < 4.78 is 5.42. The Morgan fingerprint density at radius 3 is 2.32 bits per heavy atom. The number of hydrogen-bond donors (Lipinski definition) is 2. The van der Waals surface area contributed by atoms with Crippen molar-refractivity contribution in [3.63, 3.8) is 0 Å². The average molecular weight is 377 g/mol. The molecule has 0 saturated heterocycles. The number of carbonyl (C=O) groups is 1. The third-order valence-electron chi connectivity index (χ3n) is 4.54. The van der Waals surface area contributed by atoms with Crippen molar-refractivity contribution in [2.24, 2.45) is 0 Å². The third-order valence-corrected chi connectivity index (χ3v) is 4.54. The highest BCUT2D eigenvalue weighted by molar-refractivity contribution is 5.85. The number of alkyl carbamates (subject to hydrolysis) is 1. The van der Waals surface area contributed by atoms with Crippen LogP contribution in [0.2, 0.25) is 0 Å². The van der Waals surface area contributed by atoms with Gasteiger partial charge in [0.2, 0.25) is 0 Å². The topological polar surface area (TPSA) is 58.6 Å². The molecule has 0 radical (unpaired) electrons. The van der Waals surface area contributed by atoms with Gasteiger partial charge in [-0.1, -0.05) is 72.8 Å². The highest BCUT2D eigenvalue weighted by Gasteiger charge is 2.26. The maximum Gasteiger partial charge on any atom is 0.407 e. The Kier molecular flexibility index (Phi) is 6.00. The first-order valence-corrected chi connectivity index (χ1v) is 9.53. The Hall–Kier alpha value is -2.85. The number of rotatable bonds is 5. The fourth-order valence-electron chi connectivity index (χ4n) is 3.29. The molecule has 3 aromatic carbocycles. The van der Waals surface area contributed by atoms with Gasteiger partial charge in [-0.25, -0.2) is 4.79 Å². The van der Waals surface area contributed by atoms with Crippen LogP contribution in [0.1, 0.15) is 38.0 Å². The number of ether oxygens (including phenoxy) is 1. The van der Waals surface area contributed by atoms with Gasteiger partial charge in [0, 0.05) is 0 Å². The predicted octanol–water partition coefficient (Wildman–Crippen LogP) is 5.01. The zero-order valence-corrected chi connectivity index (χ0v) is 16.6. The Balaban J connectivity index is 1.90. The highest BCUT2D eigenvalue weighted by Crippen LogP contribution is 2.25. The van der Waals surface area contributed by atoms with Gasteiger partial charge in [-0.15, -0.1) is 0 Å². The van der Waals surface area contributed by atoms with E-state index in [-0.39, 0.29) is 0 Å². The Bertz CT molecular complexity index is 926. The molecule has 0 aliphatic heterocycles. The molecule has 146 valence electrons. The lowest BCUT2D eigenvalue weighted by Crippen LogP contribution is -2.43. The second kappa shape index (κ2) is 8.44. The maximum atomic E-state index is 12.4. The fourth-order valence-corrected chi connectivity index (χ4v) is 3.29. The maximum absolute atomic E-state index is 12.4. The molecule has 0 spiro atoms. The van der Waals surface area contributed by atoms with Crippen LogP contribution in [0.3, 0.4) is 0 Å². The summed E-state index contributed by atoms with van der Waals surface area (Å²) in [6.07, 6.45) is -0.906. The number of nitrogens with one attached hydrogen (secondary N) is 1. The van der Waals surface area contributed by atoms with Crippen LogP contribution in [-0.2, 0) is 11.2 Å². The van der Waals surface area contributed by atoms with E-state index in [1.165, 1.54) is 0 Å². The van der Waals surface area contributed by atoms with Crippen molar-refractivity contribution in [1.29, 1.82) is 0 Å². The van der Waals surface area contributed by atoms with Gasteiger partial charge in [-0.2, -0.15) is 0 Å². The number of fused-ring (bicyclic) bond motifs is 1. The van der Waals surface area contributed by atoms with E-state index in [1.54, 1.807) is 0 Å². The van der Waals surface area contributed by atoms with Gasteiger partial charge in [0.05, 0.1) is 12.1 Å². The summed E-state index contributed by atoms with van der Waals surface area (Å²) in [7, 11) is 0. The minimum atomic E-state index is -0.854. The van der Waals surface area contributed by atoms with E-state index < -0.39 is 23.8 Å². The molecule has 0 aromatic heterocycles. The molecule has 3 rings (SSSR count). The van der Waals surface area contributed by atoms with Crippen molar-refractivity contribution in [2.75, 3.05) is 0 Å². The molecule has 4 nitrogen and oxygen atoms in total. The second-order valence-electron chi connectivity index (χ2n) is 7.95. The van der Waals surface area contributed by atoms with Crippen molar-refractivity contribution in [1.82, 2.24) is 5.32 Å². The Morgan fingerprint density at radius 1 is 0.964 bits per heavy atom. The lowest BCUT2D eigenvalue weighted by Gasteiger charge is -2.27. The van der Waals surface area contributed by atoms with Gasteiger partial charge in [-0.3, -0.25) is 0 Å². The number of amides is 1. The number of aliphatic hydroxyl groups is 1. The second-order valence-corrected chi connectivity index (χ2v) is 7.95. The van der Waals surface area contributed by atoms with Crippen molar-refractivity contribution in [3.8, 4) is 0 Å². The molecule has 0 aliphatic carbocycles. The van der Waals surface area contributed by atoms with Gasteiger partial charge >= 0.3 is 6.09 Å².